The Morgan fingerprint density at radius 2 is 1.78 bits per heavy atom. The van der Waals surface area contributed by atoms with Crippen molar-refractivity contribution < 1.29 is 19.0 Å². The fourth-order valence-electron chi connectivity index (χ4n) is 3.21. The number of rotatable bonds is 6. The van der Waals surface area contributed by atoms with Gasteiger partial charge >= 0.3 is 5.97 Å². The number of anilines is 1. The zero-order valence-electron chi connectivity index (χ0n) is 17.3. The predicted molar refractivity (Wildman–Crippen MR) is 115 cm³/mol. The Morgan fingerprint density at radius 1 is 1.06 bits per heavy atom. The third kappa shape index (κ3) is 4.09. The molecule has 160 valence electrons. The standard InChI is InChI=1S/C23H18N4O5/c1-30-18-8-7-13(20-16(10-24)21(26)27-22(28)17(20)11-25)9-14(18)12-32-19-6-4-3-5-15(19)23(29)31-2/h3-9H,12H2,1-2H3,(H3,26,27,28). The van der Waals surface area contributed by atoms with E-state index in [0.29, 0.717) is 22.6 Å². The summed E-state index contributed by atoms with van der Waals surface area (Å²) in [5.41, 5.74) is 6.20. The van der Waals surface area contributed by atoms with Crippen molar-refractivity contribution in [3.05, 3.63) is 75.1 Å². The average Bonchev–Trinajstić information content (AvgIpc) is 2.81. The van der Waals surface area contributed by atoms with Gasteiger partial charge in [0.25, 0.3) is 5.56 Å². The molecular weight excluding hydrogens is 412 g/mol. The van der Waals surface area contributed by atoms with Crippen LogP contribution in [0, 0.1) is 22.7 Å². The van der Waals surface area contributed by atoms with Crippen LogP contribution < -0.4 is 20.8 Å². The number of carbonyl (C=O) groups is 1. The number of nitrogen functional groups attached to an aromatic ring is 1. The number of aromatic nitrogens is 1. The summed E-state index contributed by atoms with van der Waals surface area (Å²) in [6, 6.07) is 15.2. The zero-order valence-corrected chi connectivity index (χ0v) is 17.3. The molecule has 3 aromatic rings. The molecule has 2 aromatic carbocycles. The molecule has 0 aliphatic heterocycles. The van der Waals surface area contributed by atoms with Crippen LogP contribution in [-0.4, -0.2) is 25.2 Å². The number of benzene rings is 2. The van der Waals surface area contributed by atoms with Crippen molar-refractivity contribution in [3.8, 4) is 34.8 Å². The number of pyridine rings is 1. The lowest BCUT2D eigenvalue weighted by Crippen LogP contribution is -2.16. The molecule has 0 unspecified atom stereocenters. The van der Waals surface area contributed by atoms with Crippen LogP contribution in [0.15, 0.2) is 47.3 Å². The van der Waals surface area contributed by atoms with E-state index in [1.165, 1.54) is 14.2 Å². The first-order valence-corrected chi connectivity index (χ1v) is 9.28. The fraction of sp³-hybridized carbons (Fsp3) is 0.130. The largest absolute Gasteiger partial charge is 0.496 e. The minimum atomic E-state index is -0.695. The molecule has 3 rings (SSSR count). The number of hydrogen-bond acceptors (Lipinski definition) is 8. The number of aromatic amines is 1. The maximum absolute atomic E-state index is 12.2. The van der Waals surface area contributed by atoms with E-state index in [9.17, 15) is 20.1 Å². The molecule has 0 saturated carbocycles. The second-order valence-corrected chi connectivity index (χ2v) is 6.52. The second-order valence-electron chi connectivity index (χ2n) is 6.52. The monoisotopic (exact) mass is 430 g/mol. The Balaban J connectivity index is 2.08. The molecular formula is C23H18N4O5. The first kappa shape index (κ1) is 21.9. The van der Waals surface area contributed by atoms with Gasteiger partial charge in [-0.3, -0.25) is 4.79 Å². The van der Waals surface area contributed by atoms with Crippen molar-refractivity contribution in [1.29, 1.82) is 10.5 Å². The number of H-pyrrole nitrogens is 1. The van der Waals surface area contributed by atoms with Gasteiger partial charge in [-0.1, -0.05) is 18.2 Å². The van der Waals surface area contributed by atoms with E-state index >= 15 is 0 Å². The minimum Gasteiger partial charge on any atom is -0.496 e. The lowest BCUT2D eigenvalue weighted by Gasteiger charge is -2.15. The normalized spacial score (nSPS) is 10.0. The number of nitrogens with two attached hydrogens (primary N) is 1. The van der Waals surface area contributed by atoms with E-state index in [4.69, 9.17) is 19.9 Å². The highest BCUT2D eigenvalue weighted by Gasteiger charge is 2.20. The van der Waals surface area contributed by atoms with E-state index < -0.39 is 11.5 Å². The lowest BCUT2D eigenvalue weighted by atomic mass is 9.95. The van der Waals surface area contributed by atoms with Gasteiger partial charge in [0, 0.05) is 11.1 Å². The molecule has 0 spiro atoms. The van der Waals surface area contributed by atoms with E-state index in [0.717, 1.165) is 0 Å². The fourth-order valence-corrected chi connectivity index (χ4v) is 3.21. The Kier molecular flexibility index (Phi) is 6.42. The van der Waals surface area contributed by atoms with Crippen molar-refractivity contribution in [2.75, 3.05) is 20.0 Å². The van der Waals surface area contributed by atoms with Gasteiger partial charge < -0.3 is 24.9 Å². The summed E-state index contributed by atoms with van der Waals surface area (Å²) in [6.07, 6.45) is 0. The van der Waals surface area contributed by atoms with E-state index in [2.05, 4.69) is 4.98 Å². The van der Waals surface area contributed by atoms with Gasteiger partial charge in [0.1, 0.15) is 52.8 Å². The highest BCUT2D eigenvalue weighted by Crippen LogP contribution is 2.32. The SMILES string of the molecule is COC(=O)c1ccccc1OCc1cc(-c2c(C#N)c(N)[nH]c(=O)c2C#N)ccc1OC. The highest BCUT2D eigenvalue weighted by molar-refractivity contribution is 5.92. The van der Waals surface area contributed by atoms with Crippen molar-refractivity contribution in [3.63, 3.8) is 0 Å². The quantitative estimate of drug-likeness (QED) is 0.566. The van der Waals surface area contributed by atoms with Gasteiger partial charge in [0.15, 0.2) is 0 Å². The molecule has 1 aromatic heterocycles. The van der Waals surface area contributed by atoms with Gasteiger partial charge in [-0.25, -0.2) is 4.79 Å². The number of carbonyl (C=O) groups excluding carboxylic acids is 1. The lowest BCUT2D eigenvalue weighted by molar-refractivity contribution is 0.0595. The molecule has 0 amide bonds. The van der Waals surface area contributed by atoms with Crippen molar-refractivity contribution in [2.24, 2.45) is 0 Å². The van der Waals surface area contributed by atoms with Crippen LogP contribution in [0.1, 0.15) is 27.0 Å². The smallest absolute Gasteiger partial charge is 0.341 e. The number of esters is 1. The molecule has 0 fully saturated rings. The van der Waals surface area contributed by atoms with Gasteiger partial charge in [0.2, 0.25) is 0 Å². The maximum atomic E-state index is 12.2. The van der Waals surface area contributed by atoms with Crippen LogP contribution in [0.2, 0.25) is 0 Å². The zero-order chi connectivity index (χ0) is 23.3. The molecule has 32 heavy (non-hydrogen) atoms. The number of methoxy groups -OCH3 is 2. The molecule has 9 heteroatoms. The van der Waals surface area contributed by atoms with Crippen LogP contribution in [0.5, 0.6) is 11.5 Å². The highest BCUT2D eigenvalue weighted by atomic mass is 16.5. The Morgan fingerprint density at radius 3 is 2.44 bits per heavy atom. The van der Waals surface area contributed by atoms with E-state index in [1.54, 1.807) is 42.5 Å². The summed E-state index contributed by atoms with van der Waals surface area (Å²) in [7, 11) is 2.76. The van der Waals surface area contributed by atoms with Crippen LogP contribution in [0.25, 0.3) is 11.1 Å². The summed E-state index contributed by atoms with van der Waals surface area (Å²) < 4.78 is 16.0. The summed E-state index contributed by atoms with van der Waals surface area (Å²) in [5, 5.41) is 19.0. The molecule has 0 atom stereocenters. The third-order valence-corrected chi connectivity index (χ3v) is 4.71. The molecule has 0 radical (unpaired) electrons. The van der Waals surface area contributed by atoms with Crippen LogP contribution >= 0.6 is 0 Å². The topological polar surface area (TPSA) is 151 Å². The molecule has 0 bridgehead atoms. The van der Waals surface area contributed by atoms with Gasteiger partial charge in [-0.2, -0.15) is 10.5 Å². The molecule has 0 aliphatic carbocycles. The minimum absolute atomic E-state index is 0.00648. The predicted octanol–water partition coefficient (Wildman–Crippen LogP) is 2.74. The first-order valence-electron chi connectivity index (χ1n) is 9.28. The van der Waals surface area contributed by atoms with Crippen molar-refractivity contribution >= 4 is 11.8 Å². The van der Waals surface area contributed by atoms with Gasteiger partial charge in [-0.05, 0) is 29.8 Å². The summed E-state index contributed by atoms with van der Waals surface area (Å²) in [6.45, 7) is -0.00648. The van der Waals surface area contributed by atoms with E-state index in [1.807, 2.05) is 12.1 Å². The number of para-hydroxylation sites is 1. The van der Waals surface area contributed by atoms with Gasteiger partial charge in [0.05, 0.1) is 14.2 Å². The Hall–Kier alpha value is -4.76. The van der Waals surface area contributed by atoms with Crippen molar-refractivity contribution in [2.45, 2.75) is 6.61 Å². The maximum Gasteiger partial charge on any atom is 0.341 e. The van der Waals surface area contributed by atoms with Crippen LogP contribution in [0.3, 0.4) is 0 Å². The first-order chi connectivity index (χ1) is 15.4. The van der Waals surface area contributed by atoms with E-state index in [-0.39, 0.29) is 34.7 Å². The summed E-state index contributed by atoms with van der Waals surface area (Å²) >= 11 is 0. The molecule has 0 aliphatic rings. The summed E-state index contributed by atoms with van der Waals surface area (Å²) in [5.74, 6) is 0.103. The number of ether oxygens (including phenoxy) is 3. The molecule has 3 N–H and O–H groups in total. The van der Waals surface area contributed by atoms with Crippen LogP contribution in [0.4, 0.5) is 5.82 Å². The third-order valence-electron chi connectivity index (χ3n) is 4.71. The number of nitrogens with zero attached hydrogens (tertiary/aromatic N) is 2. The Labute approximate surface area is 183 Å². The number of nitriles is 2. The number of nitrogens with one attached hydrogen (secondary N) is 1. The molecule has 0 saturated heterocycles. The number of hydrogen-bond donors (Lipinski definition) is 2. The molecule has 9 nitrogen and oxygen atoms in total. The van der Waals surface area contributed by atoms with Crippen molar-refractivity contribution in [1.82, 2.24) is 4.98 Å². The van der Waals surface area contributed by atoms with Crippen LogP contribution in [-0.2, 0) is 11.3 Å². The molecule has 1 heterocycles. The average molecular weight is 430 g/mol. The summed E-state index contributed by atoms with van der Waals surface area (Å²) in [4.78, 5) is 26.5. The van der Waals surface area contributed by atoms with Gasteiger partial charge in [-0.15, -0.1) is 0 Å². The second kappa shape index (κ2) is 9.37. The Bertz CT molecular complexity index is 1330.